The van der Waals surface area contributed by atoms with E-state index in [1.54, 1.807) is 49.6 Å². The molecule has 0 aliphatic carbocycles. The van der Waals surface area contributed by atoms with Crippen LogP contribution in [-0.4, -0.2) is 43.7 Å². The van der Waals surface area contributed by atoms with Crippen LogP contribution in [0.5, 0.6) is 23.5 Å². The lowest BCUT2D eigenvalue weighted by molar-refractivity contribution is 0.366. The van der Waals surface area contributed by atoms with Gasteiger partial charge in [0, 0.05) is 13.1 Å². The summed E-state index contributed by atoms with van der Waals surface area (Å²) in [5, 5.41) is 12.2. The Morgan fingerprint density at radius 1 is 0.964 bits per heavy atom. The van der Waals surface area contributed by atoms with Gasteiger partial charge in [0.25, 0.3) is 0 Å². The highest BCUT2D eigenvalue weighted by atomic mass is 16.5. The van der Waals surface area contributed by atoms with Crippen molar-refractivity contribution in [2.75, 3.05) is 14.2 Å². The van der Waals surface area contributed by atoms with Crippen molar-refractivity contribution in [3.05, 3.63) is 52.9 Å². The molecule has 0 aliphatic rings. The molecule has 0 N–H and O–H groups in total. The second-order valence-corrected chi connectivity index (χ2v) is 5.75. The molecule has 2 aromatic heterocycles. The van der Waals surface area contributed by atoms with Crippen LogP contribution < -0.4 is 19.9 Å². The number of para-hydroxylation sites is 2. The van der Waals surface area contributed by atoms with Gasteiger partial charge in [0.2, 0.25) is 0 Å². The summed E-state index contributed by atoms with van der Waals surface area (Å²) >= 11 is 0. The largest absolute Gasteiger partial charge is 0.497 e. The molecule has 0 aliphatic heterocycles. The zero-order valence-electron chi connectivity index (χ0n) is 15.4. The topological polar surface area (TPSA) is 106 Å². The number of nitrogens with zero attached hydrogens (tertiary/aromatic N) is 6. The van der Waals surface area contributed by atoms with Gasteiger partial charge in [-0.25, -0.2) is 14.0 Å². The third-order valence-electron chi connectivity index (χ3n) is 4.03. The SMILES string of the molecule is COc1ccc2nc(Oc3ccccc3-n3c(OC)nn(C)c3=O)nnc2c1. The predicted octanol–water partition coefficient (Wildman–Crippen LogP) is 1.72. The molecule has 0 saturated carbocycles. The predicted molar refractivity (Wildman–Crippen MR) is 99.3 cm³/mol. The van der Waals surface area contributed by atoms with Gasteiger partial charge in [-0.3, -0.25) is 0 Å². The highest BCUT2D eigenvalue weighted by Gasteiger charge is 2.18. The monoisotopic (exact) mass is 380 g/mol. The third-order valence-corrected chi connectivity index (χ3v) is 4.03. The zero-order valence-corrected chi connectivity index (χ0v) is 15.4. The lowest BCUT2D eigenvalue weighted by Gasteiger charge is -2.10. The van der Waals surface area contributed by atoms with Gasteiger partial charge in [0.1, 0.15) is 11.3 Å². The molecule has 10 nitrogen and oxygen atoms in total. The molecule has 0 spiro atoms. The fourth-order valence-corrected chi connectivity index (χ4v) is 2.68. The molecular weight excluding hydrogens is 364 g/mol. The average molecular weight is 380 g/mol. The van der Waals surface area contributed by atoms with Crippen molar-refractivity contribution in [1.82, 2.24) is 29.5 Å². The van der Waals surface area contributed by atoms with Crippen LogP contribution in [0.15, 0.2) is 47.3 Å². The van der Waals surface area contributed by atoms with E-state index < -0.39 is 0 Å². The van der Waals surface area contributed by atoms with E-state index in [1.807, 2.05) is 0 Å². The fourth-order valence-electron chi connectivity index (χ4n) is 2.68. The average Bonchev–Trinajstić information content (AvgIpc) is 3.01. The summed E-state index contributed by atoms with van der Waals surface area (Å²) in [6.07, 6.45) is 0. The van der Waals surface area contributed by atoms with Gasteiger partial charge in [-0.15, -0.1) is 10.2 Å². The van der Waals surface area contributed by atoms with Crippen molar-refractivity contribution in [3.63, 3.8) is 0 Å². The van der Waals surface area contributed by atoms with Gasteiger partial charge in [-0.05, 0) is 24.3 Å². The number of ether oxygens (including phenoxy) is 3. The maximum atomic E-state index is 12.5. The Labute approximate surface area is 158 Å². The van der Waals surface area contributed by atoms with Crippen LogP contribution >= 0.6 is 0 Å². The first-order valence-corrected chi connectivity index (χ1v) is 8.26. The summed E-state index contributed by atoms with van der Waals surface area (Å²) in [4.78, 5) is 16.8. The van der Waals surface area contributed by atoms with Crippen molar-refractivity contribution in [1.29, 1.82) is 0 Å². The van der Waals surface area contributed by atoms with Crippen LogP contribution in [0.3, 0.4) is 0 Å². The van der Waals surface area contributed by atoms with E-state index in [1.165, 1.54) is 23.4 Å². The van der Waals surface area contributed by atoms with Crippen LogP contribution in [0.25, 0.3) is 16.7 Å². The van der Waals surface area contributed by atoms with Gasteiger partial charge in [0.05, 0.1) is 25.4 Å². The molecule has 0 unspecified atom stereocenters. The van der Waals surface area contributed by atoms with E-state index in [0.29, 0.717) is 28.2 Å². The summed E-state index contributed by atoms with van der Waals surface area (Å²) in [5.41, 5.74) is 1.23. The van der Waals surface area contributed by atoms with Gasteiger partial charge in [0.15, 0.2) is 5.75 Å². The van der Waals surface area contributed by atoms with Crippen molar-refractivity contribution >= 4 is 11.0 Å². The Bertz CT molecular complexity index is 1220. The molecule has 0 radical (unpaired) electrons. The first kappa shape index (κ1) is 17.5. The quantitative estimate of drug-likeness (QED) is 0.515. The zero-order chi connectivity index (χ0) is 19.7. The molecule has 142 valence electrons. The third kappa shape index (κ3) is 3.00. The van der Waals surface area contributed by atoms with E-state index in [-0.39, 0.29) is 17.7 Å². The van der Waals surface area contributed by atoms with Gasteiger partial charge >= 0.3 is 17.7 Å². The van der Waals surface area contributed by atoms with Crippen molar-refractivity contribution < 1.29 is 14.2 Å². The summed E-state index contributed by atoms with van der Waals surface area (Å²) in [6.45, 7) is 0. The summed E-state index contributed by atoms with van der Waals surface area (Å²) in [5.74, 6) is 1.01. The number of fused-ring (bicyclic) bond motifs is 1. The highest BCUT2D eigenvalue weighted by Crippen LogP contribution is 2.28. The van der Waals surface area contributed by atoms with E-state index in [9.17, 15) is 4.79 Å². The molecule has 2 heterocycles. The lowest BCUT2D eigenvalue weighted by Crippen LogP contribution is -2.22. The van der Waals surface area contributed by atoms with E-state index in [2.05, 4.69) is 20.3 Å². The minimum atomic E-state index is -0.377. The molecule has 10 heteroatoms. The highest BCUT2D eigenvalue weighted by molar-refractivity contribution is 5.75. The number of aromatic nitrogens is 6. The minimum absolute atomic E-state index is 0.0426. The molecule has 0 amide bonds. The molecule has 0 fully saturated rings. The Kier molecular flexibility index (Phi) is 4.36. The van der Waals surface area contributed by atoms with Crippen LogP contribution in [0, 0.1) is 0 Å². The van der Waals surface area contributed by atoms with E-state index in [4.69, 9.17) is 14.2 Å². The number of methoxy groups -OCH3 is 2. The second-order valence-electron chi connectivity index (χ2n) is 5.75. The Morgan fingerprint density at radius 3 is 2.57 bits per heavy atom. The Hall–Kier alpha value is -3.95. The van der Waals surface area contributed by atoms with Crippen LogP contribution in [0.1, 0.15) is 0 Å². The first-order chi connectivity index (χ1) is 13.6. The smallest absolute Gasteiger partial charge is 0.353 e. The Balaban J connectivity index is 1.76. The van der Waals surface area contributed by atoms with Gasteiger partial charge in [-0.2, -0.15) is 4.98 Å². The standard InChI is InChI=1S/C18H16N6O4/c1-23-18(25)24(17(22-23)27-3)14-6-4-5-7-15(14)28-16-19-12-9-8-11(26-2)10-13(12)20-21-16/h4-10H,1-3H3. The molecule has 0 bridgehead atoms. The fraction of sp³-hybridized carbons (Fsp3) is 0.167. The minimum Gasteiger partial charge on any atom is -0.497 e. The van der Waals surface area contributed by atoms with Crippen molar-refractivity contribution in [2.45, 2.75) is 0 Å². The molecule has 28 heavy (non-hydrogen) atoms. The number of benzene rings is 2. The van der Waals surface area contributed by atoms with Crippen molar-refractivity contribution in [3.8, 4) is 29.2 Å². The van der Waals surface area contributed by atoms with E-state index in [0.717, 1.165) is 0 Å². The maximum Gasteiger partial charge on any atom is 0.353 e. The molecular formula is C18H16N6O4. The number of rotatable bonds is 5. The van der Waals surface area contributed by atoms with Crippen LogP contribution in [0.4, 0.5) is 0 Å². The van der Waals surface area contributed by atoms with Crippen LogP contribution in [-0.2, 0) is 7.05 Å². The normalized spacial score (nSPS) is 10.8. The summed E-state index contributed by atoms with van der Waals surface area (Å²) in [6, 6.07) is 12.4. The molecule has 4 rings (SSSR count). The molecule has 4 aromatic rings. The number of aryl methyl sites for hydroxylation is 1. The first-order valence-electron chi connectivity index (χ1n) is 8.26. The maximum absolute atomic E-state index is 12.5. The Morgan fingerprint density at radius 2 is 1.79 bits per heavy atom. The lowest BCUT2D eigenvalue weighted by atomic mass is 10.3. The molecule has 0 saturated heterocycles. The number of hydrogen-bond acceptors (Lipinski definition) is 8. The second kappa shape index (κ2) is 6.99. The van der Waals surface area contributed by atoms with Gasteiger partial charge < -0.3 is 14.2 Å². The molecule has 0 atom stereocenters. The summed E-state index contributed by atoms with van der Waals surface area (Å²) < 4.78 is 18.7. The summed E-state index contributed by atoms with van der Waals surface area (Å²) in [7, 11) is 4.55. The molecule has 2 aromatic carbocycles. The number of hydrogen-bond donors (Lipinski definition) is 0. The van der Waals surface area contributed by atoms with Crippen molar-refractivity contribution in [2.24, 2.45) is 7.05 Å². The van der Waals surface area contributed by atoms with E-state index >= 15 is 0 Å². The van der Waals surface area contributed by atoms with Gasteiger partial charge in [-0.1, -0.05) is 17.2 Å². The van der Waals surface area contributed by atoms with Crippen LogP contribution in [0.2, 0.25) is 0 Å².